The summed E-state index contributed by atoms with van der Waals surface area (Å²) in [4.78, 5) is 6.87. The molecule has 0 atom stereocenters. The highest BCUT2D eigenvalue weighted by Gasteiger charge is 2.11. The van der Waals surface area contributed by atoms with E-state index in [1.165, 1.54) is 26.4 Å². The van der Waals surface area contributed by atoms with E-state index in [9.17, 15) is 0 Å². The van der Waals surface area contributed by atoms with Crippen LogP contribution in [0, 0.1) is 0 Å². The van der Waals surface area contributed by atoms with Crippen LogP contribution in [0.2, 0.25) is 0 Å². The molecule has 1 nitrogen and oxygen atoms in total. The van der Waals surface area contributed by atoms with E-state index in [1.807, 2.05) is 23.7 Å². The molecule has 3 rings (SSSR count). The molecule has 0 aliphatic rings. The first kappa shape index (κ1) is 12.1. The zero-order valence-electron chi connectivity index (χ0n) is 10.8. The number of nitrogens with zero attached hydrogens (tertiary/aromatic N) is 1. The largest absolute Gasteiger partial charge is 0.265 e. The topological polar surface area (TPSA) is 12.9 Å². The van der Waals surface area contributed by atoms with Crippen molar-refractivity contribution in [1.29, 1.82) is 0 Å². The van der Waals surface area contributed by atoms with Gasteiger partial charge in [0.05, 0.1) is 0 Å². The minimum atomic E-state index is 1.08. The predicted octanol–water partition coefficient (Wildman–Crippen LogP) is 5.04. The van der Waals surface area contributed by atoms with Crippen molar-refractivity contribution in [2.45, 2.75) is 13.3 Å². The van der Waals surface area contributed by atoms with Gasteiger partial charge in [0.1, 0.15) is 0 Å². The third kappa shape index (κ3) is 2.45. The molecule has 0 bridgehead atoms. The molecule has 94 valence electrons. The normalized spacial score (nSPS) is 10.6. The highest BCUT2D eigenvalue weighted by Crippen LogP contribution is 2.39. The van der Waals surface area contributed by atoms with Crippen LogP contribution in [-0.4, -0.2) is 4.98 Å². The highest BCUT2D eigenvalue weighted by atomic mass is 32.1. The van der Waals surface area contributed by atoms with E-state index in [2.05, 4.69) is 60.4 Å². The van der Waals surface area contributed by atoms with E-state index in [0.29, 0.717) is 0 Å². The minimum absolute atomic E-state index is 1.08. The lowest BCUT2D eigenvalue weighted by Gasteiger charge is -2.03. The summed E-state index contributed by atoms with van der Waals surface area (Å²) in [5.74, 6) is 0. The fourth-order valence-electron chi connectivity index (χ4n) is 2.17. The number of rotatable bonds is 3. The summed E-state index contributed by atoms with van der Waals surface area (Å²) in [7, 11) is 0. The van der Waals surface area contributed by atoms with Crippen LogP contribution in [0.25, 0.3) is 21.6 Å². The number of aromatic nitrogens is 1. The summed E-state index contributed by atoms with van der Waals surface area (Å²) in [5, 5.41) is 0. The van der Waals surface area contributed by atoms with Crippen molar-refractivity contribution in [2.75, 3.05) is 0 Å². The van der Waals surface area contributed by atoms with Gasteiger partial charge in [0.2, 0.25) is 0 Å². The molecule has 2 aromatic heterocycles. The molecule has 0 fully saturated rings. The number of aryl methyl sites for hydroxylation is 1. The Balaban J connectivity index is 2.17. The second-order valence-electron chi connectivity index (χ2n) is 4.41. The lowest BCUT2D eigenvalue weighted by molar-refractivity contribution is 1.19. The van der Waals surface area contributed by atoms with Gasteiger partial charge >= 0.3 is 0 Å². The molecule has 3 aromatic rings. The molecule has 0 saturated carbocycles. The van der Waals surface area contributed by atoms with Crippen LogP contribution in [0.3, 0.4) is 0 Å². The van der Waals surface area contributed by atoms with Gasteiger partial charge in [0, 0.05) is 27.7 Å². The second-order valence-corrected chi connectivity index (χ2v) is 5.55. The summed E-state index contributed by atoms with van der Waals surface area (Å²) >= 11 is 1.88. The van der Waals surface area contributed by atoms with Crippen molar-refractivity contribution in [3.05, 3.63) is 65.8 Å². The second kappa shape index (κ2) is 5.37. The Morgan fingerprint density at radius 3 is 2.37 bits per heavy atom. The van der Waals surface area contributed by atoms with Crippen molar-refractivity contribution in [3.63, 3.8) is 0 Å². The Kier molecular flexibility index (Phi) is 3.43. The van der Waals surface area contributed by atoms with Gasteiger partial charge < -0.3 is 0 Å². The third-order valence-corrected chi connectivity index (χ3v) is 4.49. The van der Waals surface area contributed by atoms with Crippen LogP contribution in [0.4, 0.5) is 0 Å². The molecule has 1 aromatic carbocycles. The molecule has 0 aliphatic heterocycles. The van der Waals surface area contributed by atoms with Gasteiger partial charge in [-0.25, -0.2) is 0 Å². The minimum Gasteiger partial charge on any atom is -0.265 e. The highest BCUT2D eigenvalue weighted by molar-refractivity contribution is 7.16. The Morgan fingerprint density at radius 2 is 1.68 bits per heavy atom. The molecule has 2 heteroatoms. The van der Waals surface area contributed by atoms with Crippen molar-refractivity contribution >= 4 is 11.3 Å². The van der Waals surface area contributed by atoms with E-state index >= 15 is 0 Å². The fourth-order valence-corrected chi connectivity index (χ4v) is 3.29. The van der Waals surface area contributed by atoms with E-state index in [0.717, 1.165) is 6.42 Å². The zero-order valence-corrected chi connectivity index (χ0v) is 11.7. The SMILES string of the molecule is CCc1cc(-c2ccccc2)c(-c2ccncc2)s1. The Bertz CT molecular complexity index is 599. The molecule has 0 N–H and O–H groups in total. The number of benzene rings is 1. The smallest absolute Gasteiger partial charge is 0.0425 e. The first-order chi connectivity index (χ1) is 9.38. The average molecular weight is 265 g/mol. The van der Waals surface area contributed by atoms with Crippen LogP contribution in [0.15, 0.2) is 60.9 Å². The average Bonchev–Trinajstić information content (AvgIpc) is 2.93. The van der Waals surface area contributed by atoms with E-state index in [1.54, 1.807) is 0 Å². The number of hydrogen-bond donors (Lipinski definition) is 0. The van der Waals surface area contributed by atoms with Crippen LogP contribution in [0.5, 0.6) is 0 Å². The molecule has 2 heterocycles. The van der Waals surface area contributed by atoms with Crippen molar-refractivity contribution in [2.24, 2.45) is 0 Å². The van der Waals surface area contributed by atoms with Gasteiger partial charge in [0.15, 0.2) is 0 Å². The molecular formula is C17H15NS. The molecule has 0 aliphatic carbocycles. The van der Waals surface area contributed by atoms with Gasteiger partial charge in [-0.15, -0.1) is 11.3 Å². The maximum Gasteiger partial charge on any atom is 0.0425 e. The Hall–Kier alpha value is -1.93. The number of thiophene rings is 1. The first-order valence-corrected chi connectivity index (χ1v) is 7.28. The molecule has 0 radical (unpaired) electrons. The molecular weight excluding hydrogens is 250 g/mol. The standard InChI is InChI=1S/C17H15NS/c1-2-15-12-16(13-6-4-3-5-7-13)17(19-15)14-8-10-18-11-9-14/h3-12H,2H2,1H3. The molecule has 0 saturated heterocycles. The lowest BCUT2D eigenvalue weighted by atomic mass is 10.0. The summed E-state index contributed by atoms with van der Waals surface area (Å²) in [6.07, 6.45) is 4.79. The van der Waals surface area contributed by atoms with E-state index in [4.69, 9.17) is 0 Å². The van der Waals surface area contributed by atoms with Gasteiger partial charge in [-0.05, 0) is 35.7 Å². The maximum atomic E-state index is 4.10. The number of hydrogen-bond acceptors (Lipinski definition) is 2. The molecule has 0 spiro atoms. The van der Waals surface area contributed by atoms with Crippen molar-refractivity contribution < 1.29 is 0 Å². The monoisotopic (exact) mass is 265 g/mol. The van der Waals surface area contributed by atoms with Gasteiger partial charge in [-0.3, -0.25) is 4.98 Å². The Morgan fingerprint density at radius 1 is 0.947 bits per heavy atom. The molecule has 0 unspecified atom stereocenters. The summed E-state index contributed by atoms with van der Waals surface area (Å²) < 4.78 is 0. The van der Waals surface area contributed by atoms with Crippen molar-refractivity contribution in [3.8, 4) is 21.6 Å². The maximum absolute atomic E-state index is 4.10. The van der Waals surface area contributed by atoms with Gasteiger partial charge in [0.25, 0.3) is 0 Å². The third-order valence-electron chi connectivity index (χ3n) is 3.16. The predicted molar refractivity (Wildman–Crippen MR) is 82.4 cm³/mol. The molecule has 0 amide bonds. The summed E-state index contributed by atoms with van der Waals surface area (Å²) in [5.41, 5.74) is 3.86. The van der Waals surface area contributed by atoms with E-state index < -0.39 is 0 Å². The van der Waals surface area contributed by atoms with Gasteiger partial charge in [-0.2, -0.15) is 0 Å². The first-order valence-electron chi connectivity index (χ1n) is 6.47. The molecule has 19 heavy (non-hydrogen) atoms. The summed E-state index contributed by atoms with van der Waals surface area (Å²) in [6, 6.07) is 17.1. The summed E-state index contributed by atoms with van der Waals surface area (Å²) in [6.45, 7) is 2.21. The Labute approximate surface area is 117 Å². The van der Waals surface area contributed by atoms with Gasteiger partial charge in [-0.1, -0.05) is 37.3 Å². The zero-order chi connectivity index (χ0) is 13.1. The van der Waals surface area contributed by atoms with Crippen LogP contribution >= 0.6 is 11.3 Å². The fraction of sp³-hybridized carbons (Fsp3) is 0.118. The van der Waals surface area contributed by atoms with Crippen LogP contribution in [0.1, 0.15) is 11.8 Å². The van der Waals surface area contributed by atoms with E-state index in [-0.39, 0.29) is 0 Å². The van der Waals surface area contributed by atoms with Crippen LogP contribution < -0.4 is 0 Å². The quantitative estimate of drug-likeness (QED) is 0.646. The van der Waals surface area contributed by atoms with Crippen LogP contribution in [-0.2, 0) is 6.42 Å². The van der Waals surface area contributed by atoms with Crippen molar-refractivity contribution in [1.82, 2.24) is 4.98 Å². The number of pyridine rings is 1. The lowest BCUT2D eigenvalue weighted by Crippen LogP contribution is -1.79.